The van der Waals surface area contributed by atoms with Crippen molar-refractivity contribution in [3.05, 3.63) is 28.3 Å². The van der Waals surface area contributed by atoms with E-state index in [1.165, 1.54) is 0 Å². The molecular formula is C9H12N2O7S. The number of hydrogen-bond donors (Lipinski definition) is 4. The van der Waals surface area contributed by atoms with E-state index in [4.69, 9.17) is 14.8 Å². The Morgan fingerprint density at radius 3 is 2.53 bits per heavy atom. The van der Waals surface area contributed by atoms with Gasteiger partial charge in [0.15, 0.2) is 0 Å². The average molecular weight is 292 g/mol. The lowest BCUT2D eigenvalue weighted by Gasteiger charge is -2.12. The Labute approximate surface area is 108 Å². The second kappa shape index (κ2) is 5.93. The molecule has 1 rings (SSSR count). The molecule has 0 aliphatic carbocycles. The van der Waals surface area contributed by atoms with Crippen molar-refractivity contribution in [2.45, 2.75) is 11.0 Å². The molecule has 0 saturated carbocycles. The van der Waals surface area contributed by atoms with Crippen molar-refractivity contribution in [2.75, 3.05) is 18.5 Å². The average Bonchev–Trinajstić information content (AvgIpc) is 2.34. The number of hydrogen-bond acceptors (Lipinski definition) is 7. The molecule has 0 radical (unpaired) electrons. The van der Waals surface area contributed by atoms with E-state index in [-0.39, 0.29) is 12.2 Å². The first-order chi connectivity index (χ1) is 8.75. The van der Waals surface area contributed by atoms with E-state index < -0.39 is 38.3 Å². The van der Waals surface area contributed by atoms with Gasteiger partial charge in [-0.2, -0.15) is 8.42 Å². The summed E-state index contributed by atoms with van der Waals surface area (Å²) in [6.45, 7) is -0.724. The monoisotopic (exact) mass is 292 g/mol. The van der Waals surface area contributed by atoms with Crippen LogP contribution in [0.5, 0.6) is 0 Å². The van der Waals surface area contributed by atoms with Crippen LogP contribution in [0.3, 0.4) is 0 Å². The first-order valence-electron chi connectivity index (χ1n) is 5.04. The van der Waals surface area contributed by atoms with Gasteiger partial charge in [-0.05, 0) is 6.07 Å². The van der Waals surface area contributed by atoms with Crippen LogP contribution in [0.25, 0.3) is 0 Å². The highest BCUT2D eigenvalue weighted by atomic mass is 32.2. The minimum atomic E-state index is -4.66. The molecule has 1 unspecified atom stereocenters. The standard InChI is InChI=1S/C9H12N2O7S/c12-5-7(13)4-10-8-2-1-6(11(14)15)3-9(8)19(16,17)18/h1-3,7,10,12-13H,4-5H2,(H,16,17,18). The Hall–Kier alpha value is -1.75. The molecule has 0 aliphatic heterocycles. The molecule has 19 heavy (non-hydrogen) atoms. The molecule has 0 aromatic heterocycles. The van der Waals surface area contributed by atoms with Gasteiger partial charge in [-0.3, -0.25) is 14.7 Å². The minimum absolute atomic E-state index is 0.111. The largest absolute Gasteiger partial charge is 0.394 e. The van der Waals surface area contributed by atoms with Crippen molar-refractivity contribution < 1.29 is 28.1 Å². The van der Waals surface area contributed by atoms with Gasteiger partial charge < -0.3 is 15.5 Å². The molecule has 10 heteroatoms. The van der Waals surface area contributed by atoms with Crippen LogP contribution < -0.4 is 5.32 Å². The van der Waals surface area contributed by atoms with Crippen molar-refractivity contribution in [2.24, 2.45) is 0 Å². The number of nitrogens with one attached hydrogen (secondary N) is 1. The number of non-ortho nitro benzene ring substituents is 1. The van der Waals surface area contributed by atoms with Crippen LogP contribution in [0.1, 0.15) is 0 Å². The summed E-state index contributed by atoms with van der Waals surface area (Å²) < 4.78 is 31.2. The highest BCUT2D eigenvalue weighted by Gasteiger charge is 2.20. The van der Waals surface area contributed by atoms with E-state index in [1.54, 1.807) is 0 Å². The zero-order valence-electron chi connectivity index (χ0n) is 9.55. The van der Waals surface area contributed by atoms with E-state index in [2.05, 4.69) is 5.32 Å². The molecule has 0 spiro atoms. The Kier molecular flexibility index (Phi) is 4.78. The fraction of sp³-hybridized carbons (Fsp3) is 0.333. The maximum Gasteiger partial charge on any atom is 0.296 e. The third-order valence-corrected chi connectivity index (χ3v) is 3.09. The molecule has 0 bridgehead atoms. The van der Waals surface area contributed by atoms with Crippen LogP contribution >= 0.6 is 0 Å². The lowest BCUT2D eigenvalue weighted by molar-refractivity contribution is -0.385. The number of aliphatic hydroxyl groups is 2. The van der Waals surface area contributed by atoms with E-state index >= 15 is 0 Å². The van der Waals surface area contributed by atoms with E-state index in [9.17, 15) is 18.5 Å². The normalized spacial score (nSPS) is 13.0. The quantitative estimate of drug-likeness (QED) is 0.314. The Morgan fingerprint density at radius 2 is 2.05 bits per heavy atom. The van der Waals surface area contributed by atoms with Crippen LogP contribution in [0.4, 0.5) is 11.4 Å². The molecule has 106 valence electrons. The number of aliphatic hydroxyl groups excluding tert-OH is 2. The number of nitro benzene ring substituents is 1. The van der Waals surface area contributed by atoms with Gasteiger partial charge in [0.05, 0.1) is 23.3 Å². The van der Waals surface area contributed by atoms with Crippen LogP contribution in [0, 0.1) is 10.1 Å². The molecule has 4 N–H and O–H groups in total. The summed E-state index contributed by atoms with van der Waals surface area (Å²) in [6, 6.07) is 2.83. The fourth-order valence-electron chi connectivity index (χ4n) is 1.28. The molecule has 0 aliphatic rings. The van der Waals surface area contributed by atoms with Gasteiger partial charge in [0.2, 0.25) is 0 Å². The topological polar surface area (TPSA) is 150 Å². The van der Waals surface area contributed by atoms with E-state index in [0.717, 1.165) is 12.1 Å². The van der Waals surface area contributed by atoms with E-state index in [0.29, 0.717) is 6.07 Å². The van der Waals surface area contributed by atoms with Gasteiger partial charge in [-0.25, -0.2) is 0 Å². The van der Waals surface area contributed by atoms with Gasteiger partial charge in [-0.15, -0.1) is 0 Å². The second-order valence-corrected chi connectivity index (χ2v) is 5.02. The molecule has 0 heterocycles. The van der Waals surface area contributed by atoms with Crippen molar-refractivity contribution in [3.8, 4) is 0 Å². The second-order valence-electron chi connectivity index (χ2n) is 3.63. The van der Waals surface area contributed by atoms with Gasteiger partial charge in [-0.1, -0.05) is 0 Å². The summed E-state index contributed by atoms with van der Waals surface area (Å²) in [4.78, 5) is 9.06. The molecule has 0 saturated heterocycles. The lowest BCUT2D eigenvalue weighted by Crippen LogP contribution is -2.23. The van der Waals surface area contributed by atoms with E-state index in [1.807, 2.05) is 0 Å². The van der Waals surface area contributed by atoms with Crippen molar-refractivity contribution >= 4 is 21.5 Å². The molecule has 9 nitrogen and oxygen atoms in total. The predicted octanol–water partition coefficient (Wildman–Crippen LogP) is -0.393. The highest BCUT2D eigenvalue weighted by molar-refractivity contribution is 7.86. The van der Waals surface area contributed by atoms with Gasteiger partial charge in [0.25, 0.3) is 15.8 Å². The van der Waals surface area contributed by atoms with Crippen LogP contribution in [-0.4, -0.2) is 47.4 Å². The van der Waals surface area contributed by atoms with Gasteiger partial charge in [0, 0.05) is 18.7 Å². The Morgan fingerprint density at radius 1 is 1.42 bits per heavy atom. The molecule has 0 amide bonds. The first kappa shape index (κ1) is 15.3. The van der Waals surface area contributed by atoms with Crippen LogP contribution in [-0.2, 0) is 10.1 Å². The molecule has 0 fully saturated rings. The summed E-state index contributed by atoms with van der Waals surface area (Å²) in [5, 5.41) is 30.7. The van der Waals surface area contributed by atoms with Crippen LogP contribution in [0.15, 0.2) is 23.1 Å². The molecule has 1 aromatic rings. The van der Waals surface area contributed by atoms with Gasteiger partial charge >= 0.3 is 0 Å². The smallest absolute Gasteiger partial charge is 0.296 e. The Bertz CT molecular complexity index is 572. The maximum absolute atomic E-state index is 11.1. The zero-order chi connectivity index (χ0) is 14.6. The first-order valence-corrected chi connectivity index (χ1v) is 6.48. The number of nitrogens with zero attached hydrogens (tertiary/aromatic N) is 1. The SMILES string of the molecule is O=[N+]([O-])c1ccc(NCC(O)CO)c(S(=O)(=O)O)c1. The third kappa shape index (κ3) is 4.13. The molecular weight excluding hydrogens is 280 g/mol. The summed E-state index contributed by atoms with van der Waals surface area (Å²) in [5.41, 5.74) is -0.610. The maximum atomic E-state index is 11.1. The highest BCUT2D eigenvalue weighted by Crippen LogP contribution is 2.26. The zero-order valence-corrected chi connectivity index (χ0v) is 10.4. The van der Waals surface area contributed by atoms with Crippen molar-refractivity contribution in [1.29, 1.82) is 0 Å². The van der Waals surface area contributed by atoms with Crippen LogP contribution in [0.2, 0.25) is 0 Å². The number of nitro groups is 1. The summed E-state index contributed by atoms with van der Waals surface area (Å²) in [7, 11) is -4.66. The number of anilines is 1. The summed E-state index contributed by atoms with van der Waals surface area (Å²) >= 11 is 0. The minimum Gasteiger partial charge on any atom is -0.394 e. The lowest BCUT2D eigenvalue weighted by atomic mass is 10.2. The fourth-order valence-corrected chi connectivity index (χ4v) is 1.96. The Balaban J connectivity index is 3.14. The number of rotatable bonds is 6. The molecule has 1 aromatic carbocycles. The van der Waals surface area contributed by atoms with Crippen molar-refractivity contribution in [3.63, 3.8) is 0 Å². The van der Waals surface area contributed by atoms with Crippen molar-refractivity contribution in [1.82, 2.24) is 0 Å². The molecule has 1 atom stereocenters. The summed E-state index contributed by atoms with van der Waals surface area (Å²) in [5.74, 6) is 0. The van der Waals surface area contributed by atoms with Gasteiger partial charge in [0.1, 0.15) is 4.90 Å². The number of benzene rings is 1. The third-order valence-electron chi connectivity index (χ3n) is 2.19. The predicted molar refractivity (Wildman–Crippen MR) is 64.5 cm³/mol. The summed E-state index contributed by atoms with van der Waals surface area (Å²) in [6.07, 6.45) is -1.13.